The molecule has 25 heavy (non-hydrogen) atoms. The summed E-state index contributed by atoms with van der Waals surface area (Å²) in [6.07, 6.45) is 7.38. The predicted octanol–water partition coefficient (Wildman–Crippen LogP) is 4.67. The van der Waals surface area contributed by atoms with E-state index in [2.05, 4.69) is 69.6 Å². The molecule has 3 N–H and O–H groups in total. The molecule has 0 saturated carbocycles. The number of halogens is 1. The Balaban J connectivity index is 3.51. The van der Waals surface area contributed by atoms with Crippen LogP contribution in [0.15, 0.2) is 21.5 Å². The minimum atomic E-state index is -4.41. The van der Waals surface area contributed by atoms with E-state index in [1.54, 1.807) is 0 Å². The Hall–Kier alpha value is 0.716. The summed E-state index contributed by atoms with van der Waals surface area (Å²) in [7, 11) is -3.69. The quantitative estimate of drug-likeness (QED) is 0.366. The second-order valence-corrected chi connectivity index (χ2v) is 53.5. The Morgan fingerprint density at radius 2 is 1.32 bits per heavy atom. The SMILES string of the molecule is CC(C)C[NH][Zr]([NH]CC(C)C)([NH]CC(C)C)([C]1=CC=CC1)[Ge]([CH3])([CH3])[F]. The van der Waals surface area contributed by atoms with E-state index in [4.69, 9.17) is 0 Å². The van der Waals surface area contributed by atoms with E-state index in [1.165, 1.54) is 3.28 Å². The summed E-state index contributed by atoms with van der Waals surface area (Å²) in [5.41, 5.74) is 0. The van der Waals surface area contributed by atoms with Gasteiger partial charge in [-0.1, -0.05) is 0 Å². The Kier molecular flexibility index (Phi) is 8.81. The molecule has 0 heterocycles. The first-order chi connectivity index (χ1) is 11.4. The van der Waals surface area contributed by atoms with Crippen molar-refractivity contribution in [3.63, 3.8) is 0 Å². The van der Waals surface area contributed by atoms with Gasteiger partial charge < -0.3 is 0 Å². The Bertz CT molecular complexity index is 461. The summed E-state index contributed by atoms with van der Waals surface area (Å²) >= 11 is -4.41. The summed E-state index contributed by atoms with van der Waals surface area (Å²) in [4.78, 5) is 0. The van der Waals surface area contributed by atoms with Crippen molar-refractivity contribution in [1.82, 2.24) is 9.78 Å². The second-order valence-electron chi connectivity index (χ2n) is 9.37. The normalized spacial score (nSPS) is 17.4. The van der Waals surface area contributed by atoms with Gasteiger partial charge in [0.2, 0.25) is 0 Å². The summed E-state index contributed by atoms with van der Waals surface area (Å²) < 4.78 is 29.5. The first-order valence-corrected chi connectivity index (χ1v) is 27.2. The van der Waals surface area contributed by atoms with Crippen LogP contribution in [0.2, 0.25) is 11.5 Å². The van der Waals surface area contributed by atoms with Crippen molar-refractivity contribution >= 4 is 9.94 Å². The monoisotopic (exact) mass is 494 g/mol. The number of allylic oxidation sites excluding steroid dienone is 4. The molecule has 0 atom stereocenters. The number of hydrogen-bond donors (Lipinski definition) is 3. The average Bonchev–Trinajstić information content (AvgIpc) is 3.00. The molecule has 0 aromatic heterocycles. The van der Waals surface area contributed by atoms with E-state index in [1.807, 2.05) is 11.5 Å². The van der Waals surface area contributed by atoms with Crippen molar-refractivity contribution in [2.24, 2.45) is 17.8 Å². The van der Waals surface area contributed by atoms with Crippen LogP contribution < -0.4 is 9.78 Å². The van der Waals surface area contributed by atoms with E-state index in [-0.39, 0.29) is 0 Å². The van der Waals surface area contributed by atoms with Crippen LogP contribution in [0.25, 0.3) is 0 Å². The summed E-state index contributed by atoms with van der Waals surface area (Å²) in [5.74, 6) is 5.40. The Morgan fingerprint density at radius 1 is 0.920 bits per heavy atom. The van der Waals surface area contributed by atoms with Crippen molar-refractivity contribution in [3.8, 4) is 0 Å². The van der Waals surface area contributed by atoms with Gasteiger partial charge in [0.1, 0.15) is 0 Å². The zero-order chi connectivity index (χ0) is 19.3. The molecule has 0 spiro atoms. The van der Waals surface area contributed by atoms with Gasteiger partial charge in [-0.3, -0.25) is 0 Å². The van der Waals surface area contributed by atoms with Crippen LogP contribution in [0.4, 0.5) is 3.50 Å². The summed E-state index contributed by atoms with van der Waals surface area (Å²) in [5, 5.41) is 0. The Morgan fingerprint density at radius 3 is 1.56 bits per heavy atom. The van der Waals surface area contributed by atoms with Crippen LogP contribution in [0.5, 0.6) is 0 Å². The molecule has 6 heteroatoms. The molecule has 0 aliphatic heterocycles. The molecular formula is C19H41FGeN3Zr. The van der Waals surface area contributed by atoms with E-state index in [0.717, 1.165) is 26.1 Å². The molecule has 0 amide bonds. The van der Waals surface area contributed by atoms with E-state index >= 15 is 3.50 Å². The maximum atomic E-state index is 16.4. The van der Waals surface area contributed by atoms with Gasteiger partial charge in [0, 0.05) is 0 Å². The molecule has 0 radical (unpaired) electrons. The van der Waals surface area contributed by atoms with Gasteiger partial charge in [-0.25, -0.2) is 0 Å². The maximum absolute atomic E-state index is 16.4. The van der Waals surface area contributed by atoms with Crippen LogP contribution in [0, 0.1) is 17.8 Å². The molecular weight excluding hydrogens is 453 g/mol. The standard InChI is InChI=1S/C5H5.3C4H10N.C2H6FGe.Zr/c1-2-4-5-3-1;3*1-4(2)3-5;1-4(2)3;/h1-3H,4H2;3*4-5H,3H2,1-2H3;1-2H3;/q;3*-1;;+3. The van der Waals surface area contributed by atoms with Gasteiger partial charge in [-0.2, -0.15) is 0 Å². The molecule has 0 aromatic carbocycles. The molecule has 0 saturated heterocycles. The van der Waals surface area contributed by atoms with Crippen molar-refractivity contribution in [2.45, 2.75) is 59.5 Å². The molecule has 0 unspecified atom stereocenters. The topological polar surface area (TPSA) is 36.1 Å². The van der Waals surface area contributed by atoms with Gasteiger partial charge in [-0.05, 0) is 0 Å². The predicted molar refractivity (Wildman–Crippen MR) is 109 cm³/mol. The van der Waals surface area contributed by atoms with E-state index < -0.39 is 27.1 Å². The molecule has 1 rings (SSSR count). The van der Waals surface area contributed by atoms with Crippen molar-refractivity contribution in [1.29, 1.82) is 0 Å². The first kappa shape index (κ1) is 23.8. The fraction of sp³-hybridized carbons (Fsp3) is 0.789. The molecule has 1 aliphatic carbocycles. The summed E-state index contributed by atoms with van der Waals surface area (Å²) in [6, 6.07) is 0. The molecule has 0 fully saturated rings. The molecule has 3 nitrogen and oxygen atoms in total. The van der Waals surface area contributed by atoms with Crippen LogP contribution >= 0.6 is 0 Å². The van der Waals surface area contributed by atoms with Gasteiger partial charge in [0.15, 0.2) is 0 Å². The third-order valence-electron chi connectivity index (χ3n) is 5.19. The third-order valence-corrected chi connectivity index (χ3v) is 61.9. The molecule has 147 valence electrons. The van der Waals surface area contributed by atoms with Gasteiger partial charge in [0.05, 0.1) is 0 Å². The van der Waals surface area contributed by atoms with Crippen molar-refractivity contribution < 1.29 is 20.6 Å². The van der Waals surface area contributed by atoms with Crippen LogP contribution in [0.1, 0.15) is 48.0 Å². The average molecular weight is 494 g/mol. The molecule has 0 bridgehead atoms. The third kappa shape index (κ3) is 5.37. The summed E-state index contributed by atoms with van der Waals surface area (Å²) in [6.45, 7) is 15.8. The van der Waals surface area contributed by atoms with Gasteiger partial charge >= 0.3 is 159 Å². The second kappa shape index (κ2) is 9.27. The minimum absolute atomic E-state index is 0.495. The molecule has 1 aliphatic rings. The van der Waals surface area contributed by atoms with E-state index in [9.17, 15) is 0 Å². The Labute approximate surface area is 158 Å². The van der Waals surface area contributed by atoms with Crippen LogP contribution in [-0.2, 0) is 17.1 Å². The molecule has 0 aromatic rings. The fourth-order valence-corrected chi connectivity index (χ4v) is 50.8. The van der Waals surface area contributed by atoms with Gasteiger partial charge in [0.25, 0.3) is 0 Å². The van der Waals surface area contributed by atoms with Crippen molar-refractivity contribution in [2.75, 3.05) is 19.6 Å². The fourth-order valence-electron chi connectivity index (χ4n) is 3.58. The van der Waals surface area contributed by atoms with Crippen molar-refractivity contribution in [3.05, 3.63) is 21.5 Å². The zero-order valence-electron chi connectivity index (χ0n) is 17.7. The zero-order valence-corrected chi connectivity index (χ0v) is 22.2. The first-order valence-electron chi connectivity index (χ1n) is 9.91. The van der Waals surface area contributed by atoms with Gasteiger partial charge in [-0.15, -0.1) is 0 Å². The van der Waals surface area contributed by atoms with Crippen LogP contribution in [0.3, 0.4) is 0 Å². The number of rotatable bonds is 11. The number of hydrogen-bond acceptors (Lipinski definition) is 3. The van der Waals surface area contributed by atoms with Crippen LogP contribution in [-0.4, -0.2) is 29.6 Å². The van der Waals surface area contributed by atoms with E-state index in [0.29, 0.717) is 17.8 Å². The number of nitrogens with one attached hydrogen (secondary N) is 3.